The standard InChI is InChI=1S/C9H15NO4/c1-13-8(11)6-3-4-10-7(5-6)9(12)14-2/h6-7,10H,3-5H2,1-2H3/t6-,7-/m0/s1. The number of nitrogens with one attached hydrogen (secondary N) is 1. The fourth-order valence-electron chi connectivity index (χ4n) is 1.62. The van der Waals surface area contributed by atoms with Crippen molar-refractivity contribution < 1.29 is 19.1 Å². The van der Waals surface area contributed by atoms with E-state index in [1.165, 1.54) is 14.2 Å². The van der Waals surface area contributed by atoms with Crippen LogP contribution in [-0.2, 0) is 19.1 Å². The maximum Gasteiger partial charge on any atom is 0.322 e. The van der Waals surface area contributed by atoms with Crippen molar-refractivity contribution in [1.29, 1.82) is 0 Å². The summed E-state index contributed by atoms with van der Waals surface area (Å²) in [4.78, 5) is 22.4. The zero-order chi connectivity index (χ0) is 10.6. The number of esters is 2. The van der Waals surface area contributed by atoms with E-state index in [9.17, 15) is 9.59 Å². The van der Waals surface area contributed by atoms with E-state index in [4.69, 9.17) is 0 Å². The van der Waals surface area contributed by atoms with Crippen molar-refractivity contribution in [2.45, 2.75) is 18.9 Å². The second kappa shape index (κ2) is 4.95. The molecule has 0 amide bonds. The third kappa shape index (κ3) is 2.45. The van der Waals surface area contributed by atoms with E-state index in [0.29, 0.717) is 19.4 Å². The second-order valence-electron chi connectivity index (χ2n) is 3.27. The summed E-state index contributed by atoms with van der Waals surface area (Å²) >= 11 is 0. The smallest absolute Gasteiger partial charge is 0.322 e. The number of rotatable bonds is 2. The maximum absolute atomic E-state index is 11.2. The van der Waals surface area contributed by atoms with Crippen LogP contribution in [0.5, 0.6) is 0 Å². The van der Waals surface area contributed by atoms with Gasteiger partial charge in [-0.15, -0.1) is 0 Å². The van der Waals surface area contributed by atoms with Gasteiger partial charge in [-0.3, -0.25) is 9.59 Å². The van der Waals surface area contributed by atoms with Crippen molar-refractivity contribution in [3.8, 4) is 0 Å². The number of hydrogen-bond donors (Lipinski definition) is 1. The Morgan fingerprint density at radius 2 is 1.86 bits per heavy atom. The van der Waals surface area contributed by atoms with Gasteiger partial charge < -0.3 is 14.8 Å². The highest BCUT2D eigenvalue weighted by molar-refractivity contribution is 5.78. The largest absolute Gasteiger partial charge is 0.469 e. The lowest BCUT2D eigenvalue weighted by molar-refractivity contribution is -0.149. The molecule has 0 bridgehead atoms. The number of carbonyl (C=O) groups excluding carboxylic acids is 2. The van der Waals surface area contributed by atoms with Crippen LogP contribution in [0, 0.1) is 5.92 Å². The van der Waals surface area contributed by atoms with E-state index in [2.05, 4.69) is 14.8 Å². The fourth-order valence-corrected chi connectivity index (χ4v) is 1.62. The van der Waals surface area contributed by atoms with E-state index < -0.39 is 0 Å². The zero-order valence-electron chi connectivity index (χ0n) is 8.41. The van der Waals surface area contributed by atoms with Crippen molar-refractivity contribution >= 4 is 11.9 Å². The van der Waals surface area contributed by atoms with Crippen molar-refractivity contribution in [3.63, 3.8) is 0 Å². The first-order valence-corrected chi connectivity index (χ1v) is 4.58. The van der Waals surface area contributed by atoms with Gasteiger partial charge >= 0.3 is 11.9 Å². The Bertz CT molecular complexity index is 207. The SMILES string of the molecule is COC(=O)[C@H]1CCN[C@H](C(=O)OC)C1. The molecule has 1 aliphatic rings. The molecule has 1 N–H and O–H groups in total. The van der Waals surface area contributed by atoms with Crippen LogP contribution in [0.25, 0.3) is 0 Å². The third-order valence-electron chi connectivity index (χ3n) is 2.42. The van der Waals surface area contributed by atoms with Crippen molar-refractivity contribution in [1.82, 2.24) is 5.32 Å². The zero-order valence-corrected chi connectivity index (χ0v) is 8.41. The van der Waals surface area contributed by atoms with Gasteiger partial charge in [-0.05, 0) is 19.4 Å². The summed E-state index contributed by atoms with van der Waals surface area (Å²) in [5.41, 5.74) is 0. The number of piperidine rings is 1. The van der Waals surface area contributed by atoms with Crippen molar-refractivity contribution in [3.05, 3.63) is 0 Å². The van der Waals surface area contributed by atoms with Crippen LogP contribution in [-0.4, -0.2) is 38.7 Å². The van der Waals surface area contributed by atoms with Crippen LogP contribution >= 0.6 is 0 Å². The van der Waals surface area contributed by atoms with Crippen LogP contribution in [0.1, 0.15) is 12.8 Å². The van der Waals surface area contributed by atoms with E-state index in [1.54, 1.807) is 0 Å². The summed E-state index contributed by atoms with van der Waals surface area (Å²) in [5.74, 6) is -0.760. The minimum Gasteiger partial charge on any atom is -0.469 e. The molecule has 5 heteroatoms. The summed E-state index contributed by atoms with van der Waals surface area (Å²) in [7, 11) is 2.70. The minimum absolute atomic E-state index is 0.189. The number of ether oxygens (including phenoxy) is 2. The second-order valence-corrected chi connectivity index (χ2v) is 3.27. The predicted molar refractivity (Wildman–Crippen MR) is 48.5 cm³/mol. The highest BCUT2D eigenvalue weighted by Crippen LogP contribution is 2.18. The van der Waals surface area contributed by atoms with Crippen LogP contribution in [0.3, 0.4) is 0 Å². The molecule has 5 nitrogen and oxygen atoms in total. The van der Waals surface area contributed by atoms with E-state index in [0.717, 1.165) is 0 Å². The Balaban J connectivity index is 2.51. The minimum atomic E-state index is -0.377. The summed E-state index contributed by atoms with van der Waals surface area (Å²) in [6.45, 7) is 0.638. The predicted octanol–water partition coefficient (Wildman–Crippen LogP) is -0.299. The van der Waals surface area contributed by atoms with Gasteiger partial charge in [-0.1, -0.05) is 0 Å². The molecule has 0 spiro atoms. The van der Waals surface area contributed by atoms with Gasteiger partial charge in [0.1, 0.15) is 6.04 Å². The Morgan fingerprint density at radius 3 is 2.43 bits per heavy atom. The Hall–Kier alpha value is -1.10. The lowest BCUT2D eigenvalue weighted by atomic mass is 9.92. The lowest BCUT2D eigenvalue weighted by Crippen LogP contribution is -2.45. The first-order chi connectivity index (χ1) is 6.69. The van der Waals surface area contributed by atoms with Gasteiger partial charge in [0, 0.05) is 0 Å². The highest BCUT2D eigenvalue weighted by Gasteiger charge is 2.31. The molecule has 0 aliphatic carbocycles. The molecular formula is C9H15NO4. The van der Waals surface area contributed by atoms with E-state index in [1.807, 2.05) is 0 Å². The van der Waals surface area contributed by atoms with Crippen molar-refractivity contribution in [2.75, 3.05) is 20.8 Å². The molecule has 1 fully saturated rings. The van der Waals surface area contributed by atoms with Crippen LogP contribution < -0.4 is 5.32 Å². The van der Waals surface area contributed by atoms with E-state index in [-0.39, 0.29) is 23.9 Å². The maximum atomic E-state index is 11.2. The molecule has 80 valence electrons. The molecule has 0 aromatic rings. The molecule has 14 heavy (non-hydrogen) atoms. The number of carbonyl (C=O) groups is 2. The summed E-state index contributed by atoms with van der Waals surface area (Å²) < 4.78 is 9.23. The topological polar surface area (TPSA) is 64.6 Å². The molecule has 1 rings (SSSR count). The van der Waals surface area contributed by atoms with Gasteiger partial charge in [-0.2, -0.15) is 0 Å². The number of methoxy groups -OCH3 is 2. The molecular weight excluding hydrogens is 186 g/mol. The summed E-state index contributed by atoms with van der Waals surface area (Å²) in [5, 5.41) is 3.00. The normalized spacial score (nSPS) is 26.7. The summed E-state index contributed by atoms with van der Waals surface area (Å²) in [6, 6.07) is -0.377. The first-order valence-electron chi connectivity index (χ1n) is 4.58. The van der Waals surface area contributed by atoms with Crippen LogP contribution in [0.15, 0.2) is 0 Å². The van der Waals surface area contributed by atoms with Gasteiger partial charge in [0.25, 0.3) is 0 Å². The molecule has 0 aromatic heterocycles. The molecule has 2 atom stereocenters. The van der Waals surface area contributed by atoms with Gasteiger partial charge in [0.15, 0.2) is 0 Å². The van der Waals surface area contributed by atoms with Crippen molar-refractivity contribution in [2.24, 2.45) is 5.92 Å². The summed E-state index contributed by atoms with van der Waals surface area (Å²) in [6.07, 6.45) is 1.17. The monoisotopic (exact) mass is 201 g/mol. The molecule has 0 unspecified atom stereocenters. The average molecular weight is 201 g/mol. The van der Waals surface area contributed by atoms with Crippen LogP contribution in [0.4, 0.5) is 0 Å². The highest BCUT2D eigenvalue weighted by atomic mass is 16.5. The van der Waals surface area contributed by atoms with Gasteiger partial charge in [0.2, 0.25) is 0 Å². The third-order valence-corrected chi connectivity index (χ3v) is 2.42. The van der Waals surface area contributed by atoms with Crippen LogP contribution in [0.2, 0.25) is 0 Å². The Morgan fingerprint density at radius 1 is 1.21 bits per heavy atom. The number of hydrogen-bond acceptors (Lipinski definition) is 5. The molecule has 0 radical (unpaired) electrons. The fraction of sp³-hybridized carbons (Fsp3) is 0.778. The average Bonchev–Trinajstić information content (AvgIpc) is 2.27. The Kier molecular flexibility index (Phi) is 3.88. The quantitative estimate of drug-likeness (QED) is 0.621. The lowest BCUT2D eigenvalue weighted by Gasteiger charge is -2.26. The molecule has 1 heterocycles. The molecule has 1 saturated heterocycles. The van der Waals surface area contributed by atoms with Gasteiger partial charge in [-0.25, -0.2) is 0 Å². The first kappa shape index (κ1) is 11.0. The molecule has 0 saturated carbocycles. The van der Waals surface area contributed by atoms with Gasteiger partial charge in [0.05, 0.1) is 20.1 Å². The Labute approximate surface area is 82.8 Å². The molecule has 0 aromatic carbocycles. The van der Waals surface area contributed by atoms with E-state index >= 15 is 0 Å². The molecule has 1 aliphatic heterocycles.